The standard InChI is InChI=1S/C25H23N3O4S2/c1-5-32-24(31)18-14(4)26-25-28(20(18)17-11-8-12-33-17)23(30)21(34-25)19-15-9-6-7-10-16(15)27(13(2)3)22(19)29/h6-13,20H,5H2,1-4H3/b21-19-. The van der Waals surface area contributed by atoms with Gasteiger partial charge in [0.25, 0.3) is 11.5 Å². The Morgan fingerprint density at radius 3 is 2.62 bits per heavy atom. The van der Waals surface area contributed by atoms with E-state index in [1.54, 1.807) is 18.7 Å². The van der Waals surface area contributed by atoms with Gasteiger partial charge in [0, 0.05) is 16.5 Å². The summed E-state index contributed by atoms with van der Waals surface area (Å²) >= 11 is 2.65. The molecule has 0 bridgehead atoms. The van der Waals surface area contributed by atoms with Crippen LogP contribution < -0.4 is 19.8 Å². The summed E-state index contributed by atoms with van der Waals surface area (Å²) in [6.07, 6.45) is 0. The van der Waals surface area contributed by atoms with Crippen LogP contribution in [-0.2, 0) is 14.3 Å². The number of rotatable bonds is 4. The topological polar surface area (TPSA) is 81.0 Å². The number of amides is 1. The molecule has 7 nitrogen and oxygen atoms in total. The van der Waals surface area contributed by atoms with Crippen molar-refractivity contribution in [1.82, 2.24) is 4.57 Å². The van der Waals surface area contributed by atoms with Crippen molar-refractivity contribution in [2.24, 2.45) is 4.99 Å². The van der Waals surface area contributed by atoms with Crippen molar-refractivity contribution < 1.29 is 14.3 Å². The van der Waals surface area contributed by atoms with Crippen molar-refractivity contribution in [1.29, 1.82) is 0 Å². The van der Waals surface area contributed by atoms with E-state index in [0.29, 0.717) is 26.2 Å². The van der Waals surface area contributed by atoms with Gasteiger partial charge < -0.3 is 9.64 Å². The van der Waals surface area contributed by atoms with Crippen molar-refractivity contribution in [2.45, 2.75) is 39.8 Å². The number of thiazole rings is 1. The molecule has 5 rings (SSSR count). The highest BCUT2D eigenvalue weighted by atomic mass is 32.1. The highest BCUT2D eigenvalue weighted by molar-refractivity contribution is 7.10. The Labute approximate surface area is 203 Å². The van der Waals surface area contributed by atoms with Crippen molar-refractivity contribution in [2.75, 3.05) is 11.5 Å². The first kappa shape index (κ1) is 22.5. The number of thiophene rings is 1. The number of anilines is 1. The predicted octanol–water partition coefficient (Wildman–Crippen LogP) is 2.99. The molecule has 2 aromatic heterocycles. The summed E-state index contributed by atoms with van der Waals surface area (Å²) in [5, 5.41) is 1.91. The van der Waals surface area contributed by atoms with Gasteiger partial charge in [0.15, 0.2) is 4.80 Å². The molecule has 0 aliphatic carbocycles. The van der Waals surface area contributed by atoms with Gasteiger partial charge in [-0.3, -0.25) is 14.2 Å². The van der Waals surface area contributed by atoms with Crippen LogP contribution in [0.1, 0.15) is 44.2 Å². The van der Waals surface area contributed by atoms with Crippen LogP contribution in [0.3, 0.4) is 0 Å². The molecule has 0 fully saturated rings. The first-order valence-electron chi connectivity index (χ1n) is 11.0. The Balaban J connectivity index is 1.82. The molecular formula is C25H23N3O4S2. The van der Waals surface area contributed by atoms with Gasteiger partial charge in [-0.2, -0.15) is 0 Å². The Morgan fingerprint density at radius 2 is 1.94 bits per heavy atom. The van der Waals surface area contributed by atoms with E-state index in [0.717, 1.165) is 16.1 Å². The molecule has 2 aliphatic heterocycles. The average molecular weight is 494 g/mol. The highest BCUT2D eigenvalue weighted by Gasteiger charge is 2.38. The number of aromatic nitrogens is 1. The third-order valence-corrected chi connectivity index (χ3v) is 7.89. The lowest BCUT2D eigenvalue weighted by atomic mass is 10.0. The lowest BCUT2D eigenvalue weighted by molar-refractivity contribution is -0.139. The maximum Gasteiger partial charge on any atom is 0.338 e. The normalized spacial score (nSPS) is 18.8. The number of para-hydroxylation sites is 1. The van der Waals surface area contributed by atoms with E-state index in [2.05, 4.69) is 4.99 Å². The van der Waals surface area contributed by atoms with E-state index < -0.39 is 12.0 Å². The number of carbonyl (C=O) groups excluding carboxylic acids is 2. The average Bonchev–Trinajstić information content (AvgIpc) is 3.49. The minimum Gasteiger partial charge on any atom is -0.463 e. The van der Waals surface area contributed by atoms with Gasteiger partial charge in [-0.1, -0.05) is 35.6 Å². The monoisotopic (exact) mass is 493 g/mol. The lowest BCUT2D eigenvalue weighted by Gasteiger charge is -2.23. The maximum absolute atomic E-state index is 13.9. The number of esters is 1. The van der Waals surface area contributed by atoms with E-state index in [1.807, 2.05) is 55.6 Å². The molecule has 3 aromatic rings. The van der Waals surface area contributed by atoms with Gasteiger partial charge >= 0.3 is 5.97 Å². The molecule has 174 valence electrons. The summed E-state index contributed by atoms with van der Waals surface area (Å²) < 4.78 is 7.18. The first-order chi connectivity index (χ1) is 16.3. The summed E-state index contributed by atoms with van der Waals surface area (Å²) in [6.45, 7) is 7.62. The number of ether oxygens (including phenoxy) is 1. The zero-order chi connectivity index (χ0) is 24.1. The molecular weight excluding hydrogens is 470 g/mol. The fourth-order valence-corrected chi connectivity index (χ4v) is 6.49. The van der Waals surface area contributed by atoms with Crippen LogP contribution in [0.5, 0.6) is 0 Å². The number of carbonyl (C=O) groups is 2. The van der Waals surface area contributed by atoms with E-state index >= 15 is 0 Å². The van der Waals surface area contributed by atoms with E-state index in [9.17, 15) is 14.4 Å². The molecule has 9 heteroatoms. The number of nitrogens with zero attached hydrogens (tertiary/aromatic N) is 3. The lowest BCUT2D eigenvalue weighted by Crippen LogP contribution is -2.41. The van der Waals surface area contributed by atoms with Crippen LogP contribution in [0.2, 0.25) is 0 Å². The summed E-state index contributed by atoms with van der Waals surface area (Å²) in [7, 11) is 0. The van der Waals surface area contributed by atoms with Gasteiger partial charge in [0.2, 0.25) is 0 Å². The maximum atomic E-state index is 13.9. The third-order valence-electron chi connectivity index (χ3n) is 5.91. The predicted molar refractivity (Wildman–Crippen MR) is 133 cm³/mol. The molecule has 34 heavy (non-hydrogen) atoms. The molecule has 1 atom stereocenters. The summed E-state index contributed by atoms with van der Waals surface area (Å²) in [4.78, 5) is 48.0. The zero-order valence-corrected chi connectivity index (χ0v) is 20.8. The molecule has 0 spiro atoms. The van der Waals surface area contributed by atoms with Gasteiger partial charge in [-0.25, -0.2) is 9.79 Å². The quantitative estimate of drug-likeness (QED) is 0.524. The Morgan fingerprint density at radius 1 is 1.18 bits per heavy atom. The van der Waals surface area contributed by atoms with Crippen LogP contribution >= 0.6 is 22.7 Å². The molecule has 0 N–H and O–H groups in total. The smallest absolute Gasteiger partial charge is 0.338 e. The number of hydrogen-bond acceptors (Lipinski definition) is 7. The fourth-order valence-electron chi connectivity index (χ4n) is 4.53. The molecule has 0 saturated heterocycles. The first-order valence-corrected chi connectivity index (χ1v) is 12.7. The Bertz CT molecular complexity index is 1530. The zero-order valence-electron chi connectivity index (χ0n) is 19.2. The molecule has 0 radical (unpaired) electrons. The second-order valence-electron chi connectivity index (χ2n) is 8.30. The van der Waals surface area contributed by atoms with Crippen molar-refractivity contribution in [3.8, 4) is 0 Å². The second kappa shape index (κ2) is 8.48. The van der Waals surface area contributed by atoms with Gasteiger partial charge in [0.05, 0.1) is 29.1 Å². The van der Waals surface area contributed by atoms with Crippen LogP contribution in [-0.4, -0.2) is 29.1 Å². The van der Waals surface area contributed by atoms with E-state index in [4.69, 9.17) is 4.74 Å². The third kappa shape index (κ3) is 3.30. The van der Waals surface area contributed by atoms with Crippen molar-refractivity contribution in [3.05, 3.63) is 83.2 Å². The second-order valence-corrected chi connectivity index (χ2v) is 10.3. The largest absolute Gasteiger partial charge is 0.463 e. The summed E-state index contributed by atoms with van der Waals surface area (Å²) in [6, 6.07) is 10.6. The van der Waals surface area contributed by atoms with Gasteiger partial charge in [-0.05, 0) is 45.2 Å². The van der Waals surface area contributed by atoms with Crippen molar-refractivity contribution >= 4 is 45.8 Å². The minimum absolute atomic E-state index is 0.0635. The molecule has 1 amide bonds. The summed E-state index contributed by atoms with van der Waals surface area (Å²) in [5.41, 5.74) is 2.44. The number of benzene rings is 1. The molecule has 0 saturated carbocycles. The molecule has 2 aliphatic rings. The van der Waals surface area contributed by atoms with E-state index in [-0.39, 0.29) is 24.1 Å². The summed E-state index contributed by atoms with van der Waals surface area (Å²) in [5.74, 6) is -0.691. The highest BCUT2D eigenvalue weighted by Crippen LogP contribution is 2.37. The van der Waals surface area contributed by atoms with Crippen LogP contribution in [0.15, 0.2) is 62.8 Å². The van der Waals surface area contributed by atoms with Crippen LogP contribution in [0.4, 0.5) is 5.69 Å². The molecule has 1 aromatic carbocycles. The molecule has 1 unspecified atom stereocenters. The van der Waals surface area contributed by atoms with E-state index in [1.165, 1.54) is 27.2 Å². The molecule has 4 heterocycles. The Hall–Kier alpha value is -3.30. The number of fused-ring (bicyclic) bond motifs is 2. The van der Waals surface area contributed by atoms with Crippen LogP contribution in [0, 0.1) is 0 Å². The Kier molecular flexibility index (Phi) is 5.61. The van der Waals surface area contributed by atoms with Gasteiger partial charge in [0.1, 0.15) is 10.6 Å². The fraction of sp³-hybridized carbons (Fsp3) is 0.280. The van der Waals surface area contributed by atoms with Crippen LogP contribution in [0.25, 0.3) is 5.57 Å². The minimum atomic E-state index is -0.655. The van der Waals surface area contributed by atoms with Gasteiger partial charge in [-0.15, -0.1) is 11.3 Å². The SMILES string of the molecule is CCOC(=O)C1=C(C)N=c2s/c(=C3\C(=O)N(C(C)C)c4ccccc43)c(=O)n2C1c1cccs1. The van der Waals surface area contributed by atoms with Crippen molar-refractivity contribution in [3.63, 3.8) is 0 Å². The number of hydrogen-bond donors (Lipinski definition) is 0. The number of allylic oxidation sites excluding steroid dienone is 1.